The van der Waals surface area contributed by atoms with Gasteiger partial charge in [0.1, 0.15) is 0 Å². The Labute approximate surface area is 325 Å². The van der Waals surface area contributed by atoms with E-state index in [1.807, 2.05) is 0 Å². The Hall–Kier alpha value is -0.280. The van der Waals surface area contributed by atoms with Crippen molar-refractivity contribution in [1.29, 1.82) is 0 Å². The number of hydrogen-bond donors (Lipinski definition) is 4. The van der Waals surface area contributed by atoms with Crippen LogP contribution in [-0.2, 0) is 9.47 Å². The predicted octanol–water partition coefficient (Wildman–Crippen LogP) is 10.8. The molecule has 0 aromatic heterocycles. The Morgan fingerprint density at radius 3 is 1.12 bits per heavy atom. The summed E-state index contributed by atoms with van der Waals surface area (Å²) >= 11 is 0. The fourth-order valence-electron chi connectivity index (χ4n) is 7.14. The van der Waals surface area contributed by atoms with Crippen molar-refractivity contribution >= 4 is 0 Å². The van der Waals surface area contributed by atoms with Gasteiger partial charge in [0.15, 0.2) is 0 Å². The summed E-state index contributed by atoms with van der Waals surface area (Å²) in [6.45, 7) is 12.3. The summed E-state index contributed by atoms with van der Waals surface area (Å²) in [4.78, 5) is 2.21. The fourth-order valence-corrected chi connectivity index (χ4v) is 7.14. The second-order valence-corrected chi connectivity index (χ2v) is 16.0. The topological polar surface area (TPSA) is 94.4 Å². The third kappa shape index (κ3) is 40.9. The first-order valence-corrected chi connectivity index (χ1v) is 23.2. The molecule has 0 saturated carbocycles. The smallest absolute Gasteiger partial charge is 0.0701 e. The molecule has 0 fully saturated rings. The zero-order valence-electron chi connectivity index (χ0n) is 35.4. The number of rotatable bonds is 45. The first-order valence-electron chi connectivity index (χ1n) is 23.2. The lowest BCUT2D eigenvalue weighted by Gasteiger charge is -2.27. The van der Waals surface area contributed by atoms with Crippen molar-refractivity contribution in [3.63, 3.8) is 0 Å². The van der Waals surface area contributed by atoms with Crippen LogP contribution in [0.4, 0.5) is 0 Å². The molecular weight excluding hydrogens is 649 g/mol. The van der Waals surface area contributed by atoms with Crippen molar-refractivity contribution < 1.29 is 24.8 Å². The summed E-state index contributed by atoms with van der Waals surface area (Å²) in [6, 6.07) is 0. The molecule has 4 N–H and O–H groups in total. The van der Waals surface area contributed by atoms with Gasteiger partial charge < -0.3 is 30.1 Å². The van der Waals surface area contributed by atoms with Gasteiger partial charge in [-0.15, -0.1) is 0 Å². The van der Waals surface area contributed by atoms with Crippen LogP contribution in [0.15, 0.2) is 0 Å². The highest BCUT2D eigenvalue weighted by atomic mass is 16.5. The molecule has 0 aliphatic heterocycles. The molecule has 0 amide bonds. The molecule has 0 spiro atoms. The third-order valence-corrected chi connectivity index (χ3v) is 10.6. The molecule has 314 valence electrons. The van der Waals surface area contributed by atoms with E-state index in [-0.39, 0.29) is 18.3 Å². The van der Waals surface area contributed by atoms with E-state index in [9.17, 15) is 15.3 Å². The van der Waals surface area contributed by atoms with E-state index in [0.29, 0.717) is 52.6 Å². The van der Waals surface area contributed by atoms with E-state index >= 15 is 0 Å². The molecule has 0 aromatic rings. The van der Waals surface area contributed by atoms with Crippen molar-refractivity contribution in [1.82, 2.24) is 10.2 Å². The summed E-state index contributed by atoms with van der Waals surface area (Å²) < 4.78 is 11.6. The van der Waals surface area contributed by atoms with Gasteiger partial charge in [-0.3, -0.25) is 4.90 Å². The number of unbranched alkanes of at least 4 members (excludes halogenated alkanes) is 24. The maximum absolute atomic E-state index is 10.9. The van der Waals surface area contributed by atoms with E-state index in [0.717, 1.165) is 45.1 Å². The molecule has 0 aliphatic carbocycles. The molecule has 7 heteroatoms. The van der Waals surface area contributed by atoms with Crippen LogP contribution in [0.25, 0.3) is 0 Å². The molecule has 3 unspecified atom stereocenters. The van der Waals surface area contributed by atoms with Gasteiger partial charge in [0.2, 0.25) is 0 Å². The highest BCUT2D eigenvalue weighted by molar-refractivity contribution is 4.70. The summed E-state index contributed by atoms with van der Waals surface area (Å²) in [6.07, 6.45) is 36.5. The molecule has 0 rings (SSSR count). The quantitative estimate of drug-likeness (QED) is 0.0462. The molecule has 3 atom stereocenters. The maximum atomic E-state index is 10.9. The molecule has 0 aromatic carbocycles. The normalized spacial score (nSPS) is 13.7. The van der Waals surface area contributed by atoms with Gasteiger partial charge in [-0.05, 0) is 19.3 Å². The lowest BCUT2D eigenvalue weighted by molar-refractivity contribution is 0.0186. The van der Waals surface area contributed by atoms with Crippen LogP contribution in [0, 0.1) is 0 Å². The largest absolute Gasteiger partial charge is 0.392 e. The summed E-state index contributed by atoms with van der Waals surface area (Å²) in [5.74, 6) is 0. The van der Waals surface area contributed by atoms with E-state index < -0.39 is 0 Å². The second-order valence-electron chi connectivity index (χ2n) is 16.0. The molecule has 52 heavy (non-hydrogen) atoms. The Balaban J connectivity index is 4.13. The third-order valence-electron chi connectivity index (χ3n) is 10.6. The van der Waals surface area contributed by atoms with Gasteiger partial charge in [-0.2, -0.15) is 0 Å². The van der Waals surface area contributed by atoms with Gasteiger partial charge in [-0.1, -0.05) is 194 Å². The average molecular weight is 743 g/mol. The van der Waals surface area contributed by atoms with E-state index in [1.54, 1.807) is 0 Å². The monoisotopic (exact) mass is 743 g/mol. The first-order chi connectivity index (χ1) is 25.5. The lowest BCUT2D eigenvalue weighted by atomic mass is 10.0. The minimum Gasteiger partial charge on any atom is -0.392 e. The summed E-state index contributed by atoms with van der Waals surface area (Å²) in [5.41, 5.74) is 0. The van der Waals surface area contributed by atoms with Crippen LogP contribution in [0.3, 0.4) is 0 Å². The van der Waals surface area contributed by atoms with Crippen LogP contribution in [0.1, 0.15) is 213 Å². The lowest BCUT2D eigenvalue weighted by Crippen LogP contribution is -2.40. The highest BCUT2D eigenvalue weighted by Crippen LogP contribution is 2.15. The van der Waals surface area contributed by atoms with Crippen molar-refractivity contribution in [2.45, 2.75) is 232 Å². The molecule has 0 aliphatic rings. The highest BCUT2D eigenvalue weighted by Gasteiger charge is 2.16. The Morgan fingerprint density at radius 2 is 0.731 bits per heavy atom. The number of nitrogens with zero attached hydrogens (tertiary/aromatic N) is 1. The molecule has 0 radical (unpaired) electrons. The van der Waals surface area contributed by atoms with Gasteiger partial charge in [0.05, 0.1) is 44.7 Å². The Morgan fingerprint density at radius 1 is 0.404 bits per heavy atom. The number of hydrogen-bond acceptors (Lipinski definition) is 7. The molecule has 0 bridgehead atoms. The van der Waals surface area contributed by atoms with Crippen LogP contribution in [-0.4, -0.2) is 97.7 Å². The molecular formula is C45H94N2O5. The molecule has 0 heterocycles. The van der Waals surface area contributed by atoms with E-state index in [2.05, 4.69) is 31.0 Å². The van der Waals surface area contributed by atoms with Crippen molar-refractivity contribution in [2.24, 2.45) is 0 Å². The predicted molar refractivity (Wildman–Crippen MR) is 225 cm³/mol. The van der Waals surface area contributed by atoms with E-state index in [1.165, 1.54) is 154 Å². The summed E-state index contributed by atoms with van der Waals surface area (Å²) in [7, 11) is 0. The number of nitrogens with one attached hydrogen (secondary N) is 1. The molecule has 0 saturated heterocycles. The van der Waals surface area contributed by atoms with Crippen LogP contribution >= 0.6 is 0 Å². The summed E-state index contributed by atoms with van der Waals surface area (Å²) in [5, 5.41) is 35.3. The van der Waals surface area contributed by atoms with Crippen molar-refractivity contribution in [2.75, 3.05) is 59.2 Å². The second kappa shape index (κ2) is 43.4. The molecule has 7 nitrogen and oxygen atoms in total. The number of ether oxygens (including phenoxy) is 2. The van der Waals surface area contributed by atoms with Crippen molar-refractivity contribution in [3.05, 3.63) is 0 Å². The Bertz CT molecular complexity index is 627. The number of aliphatic hydroxyl groups is 3. The fraction of sp³-hybridized carbons (Fsp3) is 1.00. The van der Waals surface area contributed by atoms with Gasteiger partial charge in [0, 0.05) is 32.7 Å². The standard InChI is InChI=1S/C45H94N2O5/c1-4-7-10-13-16-19-22-25-28-31-43(48)40-46-34-36-51-38-39-52-37-35-47(41-44(49)32-29-26-23-20-17-14-11-8-5-2)42-45(50)33-30-27-24-21-18-15-12-9-6-3/h43-46,48-50H,4-42H2,1-3H3. The van der Waals surface area contributed by atoms with Gasteiger partial charge in [-0.25, -0.2) is 0 Å². The minimum atomic E-state index is -0.357. The number of aliphatic hydroxyl groups excluding tert-OH is 3. The zero-order chi connectivity index (χ0) is 38.0. The van der Waals surface area contributed by atoms with E-state index in [4.69, 9.17) is 9.47 Å². The first kappa shape index (κ1) is 51.7. The van der Waals surface area contributed by atoms with Crippen LogP contribution in [0.5, 0.6) is 0 Å². The SMILES string of the molecule is CCCCCCCCCCCC(O)CNCCOCCOCCN(CC(O)CCCCCCCCCCC)CC(O)CCCCCCCCCCC. The van der Waals surface area contributed by atoms with Gasteiger partial charge >= 0.3 is 0 Å². The zero-order valence-corrected chi connectivity index (χ0v) is 35.4. The minimum absolute atomic E-state index is 0.275. The Kier molecular flexibility index (Phi) is 43.2. The maximum Gasteiger partial charge on any atom is 0.0701 e. The van der Waals surface area contributed by atoms with Crippen molar-refractivity contribution in [3.8, 4) is 0 Å². The van der Waals surface area contributed by atoms with Gasteiger partial charge in [0.25, 0.3) is 0 Å². The van der Waals surface area contributed by atoms with Crippen LogP contribution < -0.4 is 5.32 Å². The van der Waals surface area contributed by atoms with Crippen LogP contribution in [0.2, 0.25) is 0 Å². The average Bonchev–Trinajstić information content (AvgIpc) is 3.13.